The summed E-state index contributed by atoms with van der Waals surface area (Å²) in [6.07, 6.45) is 0. The molecular formula is C15H13N5O4. The third kappa shape index (κ3) is 3.14. The van der Waals surface area contributed by atoms with Crippen LogP contribution in [0.2, 0.25) is 0 Å². The maximum Gasteiger partial charge on any atom is 0.373 e. The second kappa shape index (κ2) is 6.32. The number of rotatable bonds is 5. The van der Waals surface area contributed by atoms with Crippen LogP contribution in [0.15, 0.2) is 40.8 Å². The molecule has 9 heteroatoms. The number of tetrazole rings is 1. The fraction of sp³-hybridized carbons (Fsp3) is 0.133. The van der Waals surface area contributed by atoms with Crippen molar-refractivity contribution in [2.45, 2.75) is 6.54 Å². The number of benzene rings is 1. The fourth-order valence-electron chi connectivity index (χ4n) is 2.02. The topological polar surface area (TPSA) is 126 Å². The first-order valence-corrected chi connectivity index (χ1v) is 6.92. The Balaban J connectivity index is 1.74. The van der Waals surface area contributed by atoms with Crippen molar-refractivity contribution in [3.05, 3.63) is 53.5 Å². The molecule has 3 aromatic rings. The number of esters is 1. The van der Waals surface area contributed by atoms with Gasteiger partial charge in [-0.2, -0.15) is 4.80 Å². The number of carbonyl (C=O) groups excluding carboxylic acids is 2. The largest absolute Gasteiger partial charge is 0.463 e. The van der Waals surface area contributed by atoms with Crippen molar-refractivity contribution in [3.8, 4) is 11.4 Å². The number of primary amides is 1. The van der Waals surface area contributed by atoms with Gasteiger partial charge >= 0.3 is 5.97 Å². The lowest BCUT2D eigenvalue weighted by Gasteiger charge is -1.97. The van der Waals surface area contributed by atoms with Crippen LogP contribution < -0.4 is 5.73 Å². The first-order chi connectivity index (χ1) is 11.6. The Bertz CT molecular complexity index is 881. The van der Waals surface area contributed by atoms with Crippen LogP contribution in [-0.2, 0) is 11.3 Å². The lowest BCUT2D eigenvalue weighted by atomic mass is 10.1. The van der Waals surface area contributed by atoms with Gasteiger partial charge in [0.1, 0.15) is 12.3 Å². The monoisotopic (exact) mass is 327 g/mol. The molecule has 0 unspecified atom stereocenters. The number of aromatic nitrogens is 4. The van der Waals surface area contributed by atoms with Gasteiger partial charge in [-0.15, -0.1) is 10.2 Å². The molecule has 0 saturated heterocycles. The third-order valence-corrected chi connectivity index (χ3v) is 3.23. The summed E-state index contributed by atoms with van der Waals surface area (Å²) >= 11 is 0. The van der Waals surface area contributed by atoms with Crippen molar-refractivity contribution in [1.29, 1.82) is 0 Å². The van der Waals surface area contributed by atoms with E-state index in [2.05, 4.69) is 20.1 Å². The van der Waals surface area contributed by atoms with Gasteiger partial charge in [0, 0.05) is 11.1 Å². The van der Waals surface area contributed by atoms with Crippen LogP contribution in [0.5, 0.6) is 0 Å². The van der Waals surface area contributed by atoms with Gasteiger partial charge < -0.3 is 14.9 Å². The molecule has 122 valence electrons. The maximum absolute atomic E-state index is 11.3. The van der Waals surface area contributed by atoms with Gasteiger partial charge in [-0.25, -0.2) is 4.79 Å². The van der Waals surface area contributed by atoms with E-state index >= 15 is 0 Å². The predicted octanol–water partition coefficient (Wildman–Crippen LogP) is 0.867. The smallest absolute Gasteiger partial charge is 0.373 e. The number of ether oxygens (including phenoxy) is 1. The minimum Gasteiger partial charge on any atom is -0.463 e. The second-order valence-corrected chi connectivity index (χ2v) is 4.84. The highest BCUT2D eigenvalue weighted by atomic mass is 16.5. The molecular weight excluding hydrogens is 314 g/mol. The molecule has 0 radical (unpaired) electrons. The van der Waals surface area contributed by atoms with E-state index < -0.39 is 11.9 Å². The van der Waals surface area contributed by atoms with Crippen molar-refractivity contribution in [3.63, 3.8) is 0 Å². The number of amides is 1. The average Bonchev–Trinajstić information content (AvgIpc) is 3.24. The summed E-state index contributed by atoms with van der Waals surface area (Å²) in [5.74, 6) is -0.0653. The molecule has 0 aliphatic heterocycles. The molecule has 1 aromatic carbocycles. The summed E-state index contributed by atoms with van der Waals surface area (Å²) in [6.45, 7) is 0.212. The molecule has 24 heavy (non-hydrogen) atoms. The molecule has 2 heterocycles. The van der Waals surface area contributed by atoms with E-state index in [1.165, 1.54) is 18.0 Å². The van der Waals surface area contributed by atoms with Crippen LogP contribution in [0.1, 0.15) is 26.7 Å². The molecule has 1 amide bonds. The van der Waals surface area contributed by atoms with Crippen molar-refractivity contribution in [2.75, 3.05) is 7.11 Å². The maximum atomic E-state index is 11.3. The van der Waals surface area contributed by atoms with Gasteiger partial charge in [-0.05, 0) is 29.5 Å². The first kappa shape index (κ1) is 15.4. The minimum atomic E-state index is -0.553. The fourth-order valence-corrected chi connectivity index (χ4v) is 2.02. The number of hydrogen-bond acceptors (Lipinski definition) is 7. The minimum absolute atomic E-state index is 0.106. The van der Waals surface area contributed by atoms with Gasteiger partial charge in [0.05, 0.1) is 7.11 Å². The molecule has 2 N–H and O–H groups in total. The van der Waals surface area contributed by atoms with Crippen LogP contribution in [0.3, 0.4) is 0 Å². The number of hydrogen-bond donors (Lipinski definition) is 1. The van der Waals surface area contributed by atoms with E-state index in [1.54, 1.807) is 30.3 Å². The summed E-state index contributed by atoms with van der Waals surface area (Å²) in [6, 6.07) is 9.70. The Morgan fingerprint density at radius 2 is 1.96 bits per heavy atom. The van der Waals surface area contributed by atoms with Crippen LogP contribution in [0, 0.1) is 0 Å². The number of carbonyl (C=O) groups is 2. The Hall–Kier alpha value is -3.49. The average molecular weight is 327 g/mol. The quantitative estimate of drug-likeness (QED) is 0.689. The summed E-state index contributed by atoms with van der Waals surface area (Å²) in [5, 5.41) is 12.1. The standard InChI is InChI=1S/C15H13N5O4/c1-23-15(22)12-7-6-11(24-12)8-20-18-14(17-19-20)10-4-2-9(3-5-10)13(16)21/h2-7H,8H2,1H3,(H2,16,21). The zero-order valence-corrected chi connectivity index (χ0v) is 12.7. The van der Waals surface area contributed by atoms with E-state index in [0.29, 0.717) is 22.7 Å². The number of furan rings is 1. The summed E-state index contributed by atoms with van der Waals surface area (Å²) in [5.41, 5.74) is 6.29. The highest BCUT2D eigenvalue weighted by Crippen LogP contribution is 2.15. The van der Waals surface area contributed by atoms with Gasteiger partial charge in [0.2, 0.25) is 17.5 Å². The molecule has 0 spiro atoms. The molecule has 0 saturated carbocycles. The molecule has 0 atom stereocenters. The molecule has 0 aliphatic rings. The van der Waals surface area contributed by atoms with Gasteiger partial charge in [-0.3, -0.25) is 4.79 Å². The summed E-state index contributed by atoms with van der Waals surface area (Å²) in [4.78, 5) is 23.7. The van der Waals surface area contributed by atoms with Crippen molar-refractivity contribution < 1.29 is 18.7 Å². The summed E-state index contributed by atoms with van der Waals surface area (Å²) in [7, 11) is 1.28. The van der Waals surface area contributed by atoms with Crippen LogP contribution in [0.4, 0.5) is 0 Å². The molecule has 0 bridgehead atoms. The van der Waals surface area contributed by atoms with E-state index in [0.717, 1.165) is 0 Å². The number of nitrogens with two attached hydrogens (primary N) is 1. The summed E-state index contributed by atoms with van der Waals surface area (Å²) < 4.78 is 9.91. The molecule has 9 nitrogen and oxygen atoms in total. The molecule has 2 aromatic heterocycles. The molecule has 0 aliphatic carbocycles. The number of methoxy groups -OCH3 is 1. The Kier molecular flexibility index (Phi) is 4.06. The highest BCUT2D eigenvalue weighted by Gasteiger charge is 2.13. The molecule has 3 rings (SSSR count). The van der Waals surface area contributed by atoms with E-state index in [9.17, 15) is 9.59 Å². The second-order valence-electron chi connectivity index (χ2n) is 4.84. The Morgan fingerprint density at radius 1 is 1.21 bits per heavy atom. The van der Waals surface area contributed by atoms with E-state index in [4.69, 9.17) is 10.2 Å². The first-order valence-electron chi connectivity index (χ1n) is 6.92. The molecule has 0 fully saturated rings. The zero-order valence-electron chi connectivity index (χ0n) is 12.7. The lowest BCUT2D eigenvalue weighted by molar-refractivity contribution is 0.0562. The lowest BCUT2D eigenvalue weighted by Crippen LogP contribution is -2.10. The number of nitrogens with zero attached hydrogens (tertiary/aromatic N) is 4. The van der Waals surface area contributed by atoms with Crippen LogP contribution in [-0.4, -0.2) is 39.2 Å². The van der Waals surface area contributed by atoms with E-state index in [-0.39, 0.29) is 12.3 Å². The van der Waals surface area contributed by atoms with Gasteiger partial charge in [0.25, 0.3) is 0 Å². The van der Waals surface area contributed by atoms with Crippen molar-refractivity contribution >= 4 is 11.9 Å². The van der Waals surface area contributed by atoms with Crippen molar-refractivity contribution in [1.82, 2.24) is 20.2 Å². The van der Waals surface area contributed by atoms with Crippen LogP contribution in [0.25, 0.3) is 11.4 Å². The SMILES string of the molecule is COC(=O)c1ccc(Cn2nnc(-c3ccc(C(N)=O)cc3)n2)o1. The highest BCUT2D eigenvalue weighted by molar-refractivity contribution is 5.93. The Morgan fingerprint density at radius 3 is 2.62 bits per heavy atom. The normalized spacial score (nSPS) is 10.5. The van der Waals surface area contributed by atoms with Crippen LogP contribution >= 0.6 is 0 Å². The third-order valence-electron chi connectivity index (χ3n) is 3.23. The van der Waals surface area contributed by atoms with Crippen molar-refractivity contribution in [2.24, 2.45) is 5.73 Å². The zero-order chi connectivity index (χ0) is 17.1. The van der Waals surface area contributed by atoms with E-state index in [1.807, 2.05) is 0 Å². The predicted molar refractivity (Wildman–Crippen MR) is 80.9 cm³/mol. The van der Waals surface area contributed by atoms with Gasteiger partial charge in [-0.1, -0.05) is 12.1 Å². The van der Waals surface area contributed by atoms with Gasteiger partial charge in [0.15, 0.2) is 0 Å². The Labute approximate surface area is 136 Å².